The maximum atomic E-state index is 12.7. The summed E-state index contributed by atoms with van der Waals surface area (Å²) < 4.78 is 6.79. The van der Waals surface area contributed by atoms with Crippen molar-refractivity contribution in [2.75, 3.05) is 0 Å². The second-order valence-corrected chi connectivity index (χ2v) is 5.90. The monoisotopic (exact) mass is 342 g/mol. The predicted molar refractivity (Wildman–Crippen MR) is 87.8 cm³/mol. The van der Waals surface area contributed by atoms with Gasteiger partial charge in [-0.25, -0.2) is 0 Å². The quantitative estimate of drug-likeness (QED) is 0.611. The summed E-state index contributed by atoms with van der Waals surface area (Å²) in [6, 6.07) is 15.6. The van der Waals surface area contributed by atoms with Crippen LogP contribution in [-0.4, -0.2) is 5.78 Å². The van der Waals surface area contributed by atoms with Gasteiger partial charge in [0, 0.05) is 22.7 Å². The molecule has 0 amide bonds. The van der Waals surface area contributed by atoms with E-state index >= 15 is 0 Å². The first-order chi connectivity index (χ1) is 10.2. The fourth-order valence-electron chi connectivity index (χ4n) is 2.57. The molecule has 3 aromatic rings. The van der Waals surface area contributed by atoms with Crippen molar-refractivity contribution in [2.45, 2.75) is 19.8 Å². The number of benzene rings is 2. The number of hydrogen-bond donors (Lipinski definition) is 0. The smallest absolute Gasteiger partial charge is 0.171 e. The molecule has 0 N–H and O–H groups in total. The van der Waals surface area contributed by atoms with E-state index in [0.29, 0.717) is 12.8 Å². The first kappa shape index (κ1) is 14.1. The zero-order chi connectivity index (χ0) is 14.8. The largest absolute Gasteiger partial charge is 0.460 e. The molecule has 2 nitrogen and oxygen atoms in total. The van der Waals surface area contributed by atoms with Crippen LogP contribution in [-0.2, 0) is 12.8 Å². The molecule has 0 atom stereocenters. The average molecular weight is 343 g/mol. The molecule has 0 radical (unpaired) electrons. The highest BCUT2D eigenvalue weighted by atomic mass is 79.9. The number of hydrogen-bond acceptors (Lipinski definition) is 2. The minimum Gasteiger partial charge on any atom is -0.460 e. The van der Waals surface area contributed by atoms with E-state index < -0.39 is 0 Å². The van der Waals surface area contributed by atoms with Gasteiger partial charge in [0.25, 0.3) is 0 Å². The van der Waals surface area contributed by atoms with Gasteiger partial charge in [-0.3, -0.25) is 4.79 Å². The molecule has 0 fully saturated rings. The molecular formula is C18H15BrO2. The summed E-state index contributed by atoms with van der Waals surface area (Å²) in [6.45, 7) is 2.01. The molecule has 3 heteroatoms. The number of carbonyl (C=O) groups is 1. The van der Waals surface area contributed by atoms with Crippen molar-refractivity contribution in [1.82, 2.24) is 0 Å². The molecule has 0 saturated carbocycles. The van der Waals surface area contributed by atoms with Crippen LogP contribution >= 0.6 is 15.9 Å². The van der Waals surface area contributed by atoms with Gasteiger partial charge in [0.2, 0.25) is 0 Å². The van der Waals surface area contributed by atoms with E-state index in [9.17, 15) is 4.79 Å². The first-order valence-corrected chi connectivity index (χ1v) is 7.76. The van der Waals surface area contributed by atoms with Crippen LogP contribution in [0.25, 0.3) is 11.0 Å². The predicted octanol–water partition coefficient (Wildman–Crippen LogP) is 5.18. The molecule has 0 spiro atoms. The number of para-hydroxylation sites is 1. The number of ketones is 1. The third-order valence-electron chi connectivity index (χ3n) is 3.52. The molecule has 1 aromatic heterocycles. The minimum absolute atomic E-state index is 0.106. The number of rotatable bonds is 4. The fourth-order valence-corrected chi connectivity index (χ4v) is 3.02. The summed E-state index contributed by atoms with van der Waals surface area (Å²) >= 11 is 3.44. The highest BCUT2D eigenvalue weighted by molar-refractivity contribution is 9.10. The SMILES string of the molecule is CCc1oc2ccccc2c1C(=O)Cc1cccc(Br)c1. The van der Waals surface area contributed by atoms with E-state index in [1.54, 1.807) is 0 Å². The highest BCUT2D eigenvalue weighted by Gasteiger charge is 2.19. The lowest BCUT2D eigenvalue weighted by atomic mass is 9.99. The molecular weight excluding hydrogens is 328 g/mol. The van der Waals surface area contributed by atoms with Crippen molar-refractivity contribution < 1.29 is 9.21 Å². The van der Waals surface area contributed by atoms with Gasteiger partial charge in [0.15, 0.2) is 5.78 Å². The molecule has 21 heavy (non-hydrogen) atoms. The van der Waals surface area contributed by atoms with Crippen LogP contribution < -0.4 is 0 Å². The Morgan fingerprint density at radius 2 is 1.95 bits per heavy atom. The Hall–Kier alpha value is -1.87. The number of aryl methyl sites for hydroxylation is 1. The van der Waals surface area contributed by atoms with Crippen molar-refractivity contribution in [2.24, 2.45) is 0 Å². The lowest BCUT2D eigenvalue weighted by molar-refractivity contribution is 0.0992. The molecule has 2 aromatic carbocycles. The Kier molecular flexibility index (Phi) is 3.93. The molecule has 3 rings (SSSR count). The summed E-state index contributed by atoms with van der Waals surface area (Å²) in [5.74, 6) is 0.881. The third-order valence-corrected chi connectivity index (χ3v) is 4.02. The second-order valence-electron chi connectivity index (χ2n) is 4.98. The Morgan fingerprint density at radius 1 is 1.14 bits per heavy atom. The maximum absolute atomic E-state index is 12.7. The summed E-state index contributed by atoms with van der Waals surface area (Å²) in [5.41, 5.74) is 2.52. The molecule has 0 aliphatic carbocycles. The number of carbonyl (C=O) groups excluding carboxylic acids is 1. The van der Waals surface area contributed by atoms with E-state index in [0.717, 1.165) is 32.3 Å². The van der Waals surface area contributed by atoms with Crippen LogP contribution in [0.4, 0.5) is 0 Å². The van der Waals surface area contributed by atoms with Gasteiger partial charge >= 0.3 is 0 Å². The Balaban J connectivity index is 2.01. The average Bonchev–Trinajstić information content (AvgIpc) is 2.85. The molecule has 0 aliphatic heterocycles. The zero-order valence-electron chi connectivity index (χ0n) is 11.7. The molecule has 1 heterocycles. The van der Waals surface area contributed by atoms with Crippen molar-refractivity contribution in [3.05, 3.63) is 69.9 Å². The number of fused-ring (bicyclic) bond motifs is 1. The fraction of sp³-hybridized carbons (Fsp3) is 0.167. The highest BCUT2D eigenvalue weighted by Crippen LogP contribution is 2.27. The standard InChI is InChI=1S/C18H15BrO2/c1-2-16-18(14-8-3-4-9-17(14)21-16)15(20)11-12-6-5-7-13(19)10-12/h3-10H,2,11H2,1H3. The molecule has 0 unspecified atom stereocenters. The van der Waals surface area contributed by atoms with E-state index in [1.807, 2.05) is 55.5 Å². The van der Waals surface area contributed by atoms with Crippen LogP contribution in [0.5, 0.6) is 0 Å². The summed E-state index contributed by atoms with van der Waals surface area (Å²) in [5, 5.41) is 0.911. The summed E-state index contributed by atoms with van der Waals surface area (Å²) in [7, 11) is 0. The molecule has 0 bridgehead atoms. The molecule has 106 valence electrons. The Bertz CT molecular complexity index is 802. The van der Waals surface area contributed by atoms with Gasteiger partial charge in [-0.15, -0.1) is 0 Å². The van der Waals surface area contributed by atoms with E-state index in [4.69, 9.17) is 4.42 Å². The number of halogens is 1. The third kappa shape index (κ3) is 2.79. The van der Waals surface area contributed by atoms with E-state index in [-0.39, 0.29) is 5.78 Å². The maximum Gasteiger partial charge on any atom is 0.171 e. The molecule has 0 aliphatic rings. The molecule has 0 saturated heterocycles. The first-order valence-electron chi connectivity index (χ1n) is 6.97. The zero-order valence-corrected chi connectivity index (χ0v) is 13.3. The summed E-state index contributed by atoms with van der Waals surface area (Å²) in [6.07, 6.45) is 1.10. The summed E-state index contributed by atoms with van der Waals surface area (Å²) in [4.78, 5) is 12.7. The van der Waals surface area contributed by atoms with Crippen molar-refractivity contribution in [3.63, 3.8) is 0 Å². The van der Waals surface area contributed by atoms with Crippen LogP contribution in [0.2, 0.25) is 0 Å². The van der Waals surface area contributed by atoms with Crippen LogP contribution in [0.15, 0.2) is 57.4 Å². The number of furan rings is 1. The second kappa shape index (κ2) is 5.86. The lowest BCUT2D eigenvalue weighted by Gasteiger charge is -2.03. The minimum atomic E-state index is 0.106. The van der Waals surface area contributed by atoms with Crippen LogP contribution in [0.3, 0.4) is 0 Å². The van der Waals surface area contributed by atoms with E-state index in [1.165, 1.54) is 0 Å². The van der Waals surface area contributed by atoms with Crippen LogP contribution in [0, 0.1) is 0 Å². The van der Waals surface area contributed by atoms with Crippen molar-refractivity contribution in [1.29, 1.82) is 0 Å². The van der Waals surface area contributed by atoms with Crippen molar-refractivity contribution in [3.8, 4) is 0 Å². The van der Waals surface area contributed by atoms with Crippen LogP contribution in [0.1, 0.15) is 28.6 Å². The lowest BCUT2D eigenvalue weighted by Crippen LogP contribution is -2.05. The van der Waals surface area contributed by atoms with Gasteiger partial charge in [0.1, 0.15) is 11.3 Å². The van der Waals surface area contributed by atoms with Gasteiger partial charge in [-0.1, -0.05) is 53.2 Å². The normalized spacial score (nSPS) is 11.0. The van der Waals surface area contributed by atoms with Gasteiger partial charge in [0.05, 0.1) is 5.56 Å². The van der Waals surface area contributed by atoms with Gasteiger partial charge in [-0.05, 0) is 23.8 Å². The number of Topliss-reactive ketones (excluding diaryl/α,β-unsaturated/α-hetero) is 1. The van der Waals surface area contributed by atoms with E-state index in [2.05, 4.69) is 15.9 Å². The van der Waals surface area contributed by atoms with Gasteiger partial charge in [-0.2, -0.15) is 0 Å². The topological polar surface area (TPSA) is 30.2 Å². The Morgan fingerprint density at radius 3 is 2.71 bits per heavy atom. The Labute approximate surface area is 131 Å². The van der Waals surface area contributed by atoms with Crippen molar-refractivity contribution >= 4 is 32.7 Å². The van der Waals surface area contributed by atoms with Gasteiger partial charge < -0.3 is 4.42 Å².